The Morgan fingerprint density at radius 2 is 1.59 bits per heavy atom. The van der Waals surface area contributed by atoms with Crippen LogP contribution in [0.3, 0.4) is 0 Å². The first-order chi connectivity index (χ1) is 16.3. The standard InChI is InChI=1S/C25H25N5O3S/c1-18(21-11-13-23(14-12-21)30-17-26-16-27-30)28-25(31)22-9-6-10-24(15-22)34(32,33)29-19(2)20-7-4-3-5-8-20/h3-19,29H,1-2H3,(H,28,31)/t18-,19-/m1/s1. The van der Waals surface area contributed by atoms with Crippen molar-refractivity contribution in [3.05, 3.63) is 108 Å². The number of sulfonamides is 1. The maximum atomic E-state index is 12.9. The van der Waals surface area contributed by atoms with Gasteiger partial charge in [0, 0.05) is 11.6 Å². The van der Waals surface area contributed by atoms with E-state index in [0.29, 0.717) is 0 Å². The van der Waals surface area contributed by atoms with Gasteiger partial charge in [0.05, 0.1) is 16.6 Å². The van der Waals surface area contributed by atoms with Crippen molar-refractivity contribution in [1.29, 1.82) is 0 Å². The van der Waals surface area contributed by atoms with E-state index in [4.69, 9.17) is 0 Å². The van der Waals surface area contributed by atoms with Crippen LogP contribution >= 0.6 is 0 Å². The van der Waals surface area contributed by atoms with Crippen molar-refractivity contribution >= 4 is 15.9 Å². The van der Waals surface area contributed by atoms with E-state index in [1.54, 1.807) is 30.1 Å². The van der Waals surface area contributed by atoms with Crippen molar-refractivity contribution in [3.8, 4) is 5.69 Å². The molecule has 1 aromatic heterocycles. The second kappa shape index (κ2) is 9.98. The lowest BCUT2D eigenvalue weighted by Gasteiger charge is -2.17. The lowest BCUT2D eigenvalue weighted by molar-refractivity contribution is 0.0939. The van der Waals surface area contributed by atoms with Gasteiger partial charge in [0.25, 0.3) is 5.91 Å². The summed E-state index contributed by atoms with van der Waals surface area (Å²) in [7, 11) is -3.81. The predicted octanol–water partition coefficient (Wildman–Crippen LogP) is 3.80. The molecule has 9 heteroatoms. The number of rotatable bonds is 8. The van der Waals surface area contributed by atoms with Crippen LogP contribution in [0.25, 0.3) is 5.69 Å². The molecule has 1 heterocycles. The minimum atomic E-state index is -3.81. The van der Waals surface area contributed by atoms with E-state index >= 15 is 0 Å². The van der Waals surface area contributed by atoms with Gasteiger partial charge in [0.1, 0.15) is 12.7 Å². The van der Waals surface area contributed by atoms with Gasteiger partial charge in [-0.15, -0.1) is 0 Å². The number of benzene rings is 3. The van der Waals surface area contributed by atoms with E-state index in [2.05, 4.69) is 20.1 Å². The summed E-state index contributed by atoms with van der Waals surface area (Å²) in [6, 6.07) is 22.2. The number of carbonyl (C=O) groups excluding carboxylic acids is 1. The summed E-state index contributed by atoms with van der Waals surface area (Å²) >= 11 is 0. The quantitative estimate of drug-likeness (QED) is 0.403. The number of nitrogens with one attached hydrogen (secondary N) is 2. The minimum Gasteiger partial charge on any atom is -0.346 e. The second-order valence-corrected chi connectivity index (χ2v) is 9.62. The highest BCUT2D eigenvalue weighted by Crippen LogP contribution is 2.19. The fourth-order valence-electron chi connectivity index (χ4n) is 3.54. The maximum Gasteiger partial charge on any atom is 0.251 e. The van der Waals surface area contributed by atoms with Crippen LogP contribution in [0.2, 0.25) is 0 Å². The molecule has 174 valence electrons. The Balaban J connectivity index is 1.45. The first-order valence-electron chi connectivity index (χ1n) is 10.8. The largest absolute Gasteiger partial charge is 0.346 e. The zero-order chi connectivity index (χ0) is 24.1. The van der Waals surface area contributed by atoms with Gasteiger partial charge in [-0.25, -0.2) is 22.8 Å². The molecule has 0 fully saturated rings. The molecule has 0 bridgehead atoms. The average Bonchev–Trinajstić information content (AvgIpc) is 3.39. The molecule has 0 unspecified atom stereocenters. The summed E-state index contributed by atoms with van der Waals surface area (Å²) in [5, 5.41) is 7.02. The molecule has 0 saturated heterocycles. The summed E-state index contributed by atoms with van der Waals surface area (Å²) in [5.74, 6) is -0.360. The van der Waals surface area contributed by atoms with Crippen LogP contribution < -0.4 is 10.0 Å². The molecule has 4 rings (SSSR count). The van der Waals surface area contributed by atoms with E-state index in [9.17, 15) is 13.2 Å². The Hall–Kier alpha value is -3.82. The smallest absolute Gasteiger partial charge is 0.251 e. The van der Waals surface area contributed by atoms with E-state index in [1.165, 1.54) is 18.5 Å². The van der Waals surface area contributed by atoms with Gasteiger partial charge < -0.3 is 5.32 Å². The average molecular weight is 476 g/mol. The second-order valence-electron chi connectivity index (χ2n) is 7.91. The summed E-state index contributed by atoms with van der Waals surface area (Å²) in [5.41, 5.74) is 2.87. The molecule has 0 aliphatic heterocycles. The highest BCUT2D eigenvalue weighted by atomic mass is 32.2. The Labute approximate surface area is 198 Å². The molecular formula is C25H25N5O3S. The fourth-order valence-corrected chi connectivity index (χ4v) is 4.81. The van der Waals surface area contributed by atoms with E-state index in [0.717, 1.165) is 16.8 Å². The zero-order valence-electron chi connectivity index (χ0n) is 18.8. The van der Waals surface area contributed by atoms with Gasteiger partial charge in [-0.1, -0.05) is 48.5 Å². The van der Waals surface area contributed by atoms with Crippen LogP contribution in [-0.2, 0) is 10.0 Å². The first-order valence-corrected chi connectivity index (χ1v) is 12.2. The number of carbonyl (C=O) groups is 1. The minimum absolute atomic E-state index is 0.0350. The Morgan fingerprint density at radius 3 is 2.26 bits per heavy atom. The Bertz CT molecular complexity index is 1360. The van der Waals surface area contributed by atoms with Crippen LogP contribution in [0.1, 0.15) is 47.4 Å². The SMILES string of the molecule is C[C@@H](NC(=O)c1cccc(S(=O)(=O)N[C@H](C)c2ccccc2)c1)c1ccc(-n2cncn2)cc1. The molecule has 2 atom stereocenters. The molecule has 1 amide bonds. The zero-order valence-corrected chi connectivity index (χ0v) is 19.6. The molecular weight excluding hydrogens is 450 g/mol. The third kappa shape index (κ3) is 5.38. The molecule has 0 spiro atoms. The summed E-state index contributed by atoms with van der Waals surface area (Å²) in [6.45, 7) is 3.64. The van der Waals surface area contributed by atoms with Crippen LogP contribution in [0.4, 0.5) is 0 Å². The molecule has 0 aliphatic rings. The van der Waals surface area contributed by atoms with Crippen LogP contribution in [0, 0.1) is 0 Å². The van der Waals surface area contributed by atoms with Crippen molar-refractivity contribution in [2.75, 3.05) is 0 Å². The normalized spacial score (nSPS) is 13.2. The lowest BCUT2D eigenvalue weighted by Crippen LogP contribution is -2.28. The predicted molar refractivity (Wildman–Crippen MR) is 129 cm³/mol. The third-order valence-corrected chi connectivity index (χ3v) is 7.00. The van der Waals surface area contributed by atoms with Crippen LogP contribution in [-0.4, -0.2) is 29.1 Å². The molecule has 34 heavy (non-hydrogen) atoms. The molecule has 4 aromatic rings. The number of nitrogens with zero attached hydrogens (tertiary/aromatic N) is 3. The van der Waals surface area contributed by atoms with Crippen molar-refractivity contribution in [3.63, 3.8) is 0 Å². The maximum absolute atomic E-state index is 12.9. The monoisotopic (exact) mass is 475 g/mol. The molecule has 3 aromatic carbocycles. The lowest BCUT2D eigenvalue weighted by atomic mass is 10.1. The molecule has 0 radical (unpaired) electrons. The Kier molecular flexibility index (Phi) is 6.85. The Morgan fingerprint density at radius 1 is 0.882 bits per heavy atom. The molecule has 0 aliphatic carbocycles. The molecule has 2 N–H and O–H groups in total. The van der Waals surface area contributed by atoms with Gasteiger partial charge in [-0.05, 0) is 55.3 Å². The first kappa shape index (κ1) is 23.3. The number of hydrogen-bond donors (Lipinski definition) is 2. The summed E-state index contributed by atoms with van der Waals surface area (Å²) < 4.78 is 30.1. The van der Waals surface area contributed by atoms with Crippen molar-refractivity contribution < 1.29 is 13.2 Å². The van der Waals surface area contributed by atoms with Crippen LogP contribution in [0.5, 0.6) is 0 Å². The number of aromatic nitrogens is 3. The van der Waals surface area contributed by atoms with Gasteiger partial charge in [-0.3, -0.25) is 4.79 Å². The van der Waals surface area contributed by atoms with E-state index in [-0.39, 0.29) is 22.4 Å². The molecule has 0 saturated carbocycles. The topological polar surface area (TPSA) is 106 Å². The van der Waals surface area contributed by atoms with Gasteiger partial charge >= 0.3 is 0 Å². The highest BCUT2D eigenvalue weighted by molar-refractivity contribution is 7.89. The molecule has 8 nitrogen and oxygen atoms in total. The van der Waals surface area contributed by atoms with Crippen molar-refractivity contribution in [2.45, 2.75) is 30.8 Å². The summed E-state index contributed by atoms with van der Waals surface area (Å²) in [6.07, 6.45) is 3.07. The highest BCUT2D eigenvalue weighted by Gasteiger charge is 2.20. The van der Waals surface area contributed by atoms with E-state index in [1.807, 2.05) is 61.5 Å². The fraction of sp³-hybridized carbons (Fsp3) is 0.160. The van der Waals surface area contributed by atoms with Gasteiger partial charge in [-0.2, -0.15) is 5.10 Å². The van der Waals surface area contributed by atoms with Gasteiger partial charge in [0.15, 0.2) is 0 Å². The number of hydrogen-bond acceptors (Lipinski definition) is 5. The third-order valence-electron chi connectivity index (χ3n) is 5.46. The van der Waals surface area contributed by atoms with Crippen molar-refractivity contribution in [2.24, 2.45) is 0 Å². The van der Waals surface area contributed by atoms with Crippen LogP contribution in [0.15, 0.2) is 96.4 Å². The van der Waals surface area contributed by atoms with Gasteiger partial charge in [0.2, 0.25) is 10.0 Å². The van der Waals surface area contributed by atoms with Crippen molar-refractivity contribution in [1.82, 2.24) is 24.8 Å². The van der Waals surface area contributed by atoms with E-state index < -0.39 is 16.1 Å². The summed E-state index contributed by atoms with van der Waals surface area (Å²) in [4.78, 5) is 16.8. The number of amides is 1.